The van der Waals surface area contributed by atoms with Crippen molar-refractivity contribution in [1.29, 1.82) is 0 Å². The topological polar surface area (TPSA) is 90.3 Å². The molecule has 1 N–H and O–H groups in total. The van der Waals surface area contributed by atoms with Crippen molar-refractivity contribution in [3.05, 3.63) is 38.8 Å². The maximum Gasteiger partial charge on any atom is 0.341 e. The Kier molecular flexibility index (Phi) is 6.30. The summed E-state index contributed by atoms with van der Waals surface area (Å²) in [5, 5.41) is 7.23. The molecule has 27 heavy (non-hydrogen) atoms. The number of thiophene rings is 2. The zero-order chi connectivity index (χ0) is 19.4. The van der Waals surface area contributed by atoms with Gasteiger partial charge in [0.1, 0.15) is 9.70 Å². The Hall–Kier alpha value is -2.17. The van der Waals surface area contributed by atoms with Crippen LogP contribution >= 0.6 is 34.4 Å². The molecular weight excluding hydrogens is 406 g/mol. The van der Waals surface area contributed by atoms with Crippen LogP contribution in [0.2, 0.25) is 0 Å². The van der Waals surface area contributed by atoms with E-state index in [0.29, 0.717) is 32.5 Å². The van der Waals surface area contributed by atoms with Gasteiger partial charge in [-0.2, -0.15) is 0 Å². The summed E-state index contributed by atoms with van der Waals surface area (Å²) in [6.45, 7) is 4.33. The molecule has 3 aromatic rings. The van der Waals surface area contributed by atoms with Gasteiger partial charge in [0.05, 0.1) is 23.4 Å². The first-order chi connectivity index (χ1) is 13.0. The molecule has 1 amide bonds. The predicted molar refractivity (Wildman–Crippen MR) is 109 cm³/mol. The van der Waals surface area contributed by atoms with Gasteiger partial charge in [-0.05, 0) is 36.7 Å². The van der Waals surface area contributed by atoms with E-state index in [1.165, 1.54) is 34.4 Å². The molecule has 0 spiro atoms. The van der Waals surface area contributed by atoms with Gasteiger partial charge in [0.15, 0.2) is 5.16 Å². The van der Waals surface area contributed by atoms with Crippen LogP contribution in [-0.2, 0) is 16.1 Å². The number of rotatable bonds is 7. The summed E-state index contributed by atoms with van der Waals surface area (Å²) >= 11 is 3.81. The molecule has 0 radical (unpaired) electrons. The van der Waals surface area contributed by atoms with Crippen molar-refractivity contribution in [2.24, 2.45) is 0 Å². The van der Waals surface area contributed by atoms with Crippen molar-refractivity contribution >= 4 is 61.5 Å². The van der Waals surface area contributed by atoms with E-state index >= 15 is 0 Å². The number of thioether (sulfide) groups is 1. The lowest BCUT2D eigenvalue weighted by Gasteiger charge is -2.10. The first kappa shape index (κ1) is 19.6. The van der Waals surface area contributed by atoms with E-state index in [0.717, 1.165) is 0 Å². The van der Waals surface area contributed by atoms with Gasteiger partial charge in [-0.25, -0.2) is 9.78 Å². The molecular formula is C17H17N3O4S3. The van der Waals surface area contributed by atoms with Crippen LogP contribution in [0.1, 0.15) is 24.2 Å². The van der Waals surface area contributed by atoms with Gasteiger partial charge in [0.25, 0.3) is 5.56 Å². The van der Waals surface area contributed by atoms with Crippen molar-refractivity contribution in [2.75, 3.05) is 17.7 Å². The van der Waals surface area contributed by atoms with Crippen molar-refractivity contribution in [1.82, 2.24) is 9.55 Å². The van der Waals surface area contributed by atoms with Crippen LogP contribution in [0, 0.1) is 0 Å². The highest BCUT2D eigenvalue weighted by molar-refractivity contribution is 7.99. The van der Waals surface area contributed by atoms with Gasteiger partial charge in [-0.1, -0.05) is 11.8 Å². The van der Waals surface area contributed by atoms with E-state index in [2.05, 4.69) is 10.3 Å². The number of nitrogens with zero attached hydrogens (tertiary/aromatic N) is 2. The standard InChI is InChI=1S/C17H17N3O4S3/c1-3-20-15(22)13-11(6-8-25-13)18-17(20)27-9-12(21)19-14-10(5-7-26-14)16(23)24-4-2/h5-8H,3-4,9H2,1-2H3,(H,19,21). The molecule has 142 valence electrons. The Bertz CT molecular complexity index is 1040. The number of anilines is 1. The van der Waals surface area contributed by atoms with E-state index in [1.807, 2.05) is 12.3 Å². The lowest BCUT2D eigenvalue weighted by atomic mass is 10.3. The summed E-state index contributed by atoms with van der Waals surface area (Å²) in [7, 11) is 0. The fourth-order valence-corrected chi connectivity index (χ4v) is 4.81. The first-order valence-corrected chi connectivity index (χ1v) is 10.9. The Morgan fingerprint density at radius 1 is 1.26 bits per heavy atom. The maximum absolute atomic E-state index is 12.5. The molecule has 0 aliphatic heterocycles. The molecule has 0 unspecified atom stereocenters. The number of amides is 1. The molecule has 0 aliphatic rings. The van der Waals surface area contributed by atoms with Gasteiger partial charge in [-0.15, -0.1) is 22.7 Å². The van der Waals surface area contributed by atoms with Crippen LogP contribution in [0.3, 0.4) is 0 Å². The van der Waals surface area contributed by atoms with Gasteiger partial charge in [0, 0.05) is 6.54 Å². The fourth-order valence-electron chi connectivity index (χ4n) is 2.38. The Balaban J connectivity index is 1.72. The summed E-state index contributed by atoms with van der Waals surface area (Å²) in [6, 6.07) is 3.41. The summed E-state index contributed by atoms with van der Waals surface area (Å²) < 4.78 is 7.15. The summed E-state index contributed by atoms with van der Waals surface area (Å²) in [5.41, 5.74) is 0.882. The smallest absolute Gasteiger partial charge is 0.341 e. The van der Waals surface area contributed by atoms with Gasteiger partial charge in [-0.3, -0.25) is 14.2 Å². The number of nitrogens with one attached hydrogen (secondary N) is 1. The lowest BCUT2D eigenvalue weighted by molar-refractivity contribution is -0.113. The Morgan fingerprint density at radius 3 is 2.78 bits per heavy atom. The highest BCUT2D eigenvalue weighted by atomic mass is 32.2. The Labute approximate surface area is 167 Å². The second-order valence-corrected chi connectivity index (χ2v) is 8.07. The second-order valence-electron chi connectivity index (χ2n) is 5.30. The quantitative estimate of drug-likeness (QED) is 0.356. The van der Waals surface area contributed by atoms with Crippen LogP contribution in [-0.4, -0.2) is 33.8 Å². The zero-order valence-electron chi connectivity index (χ0n) is 14.7. The SMILES string of the molecule is CCOC(=O)c1ccsc1NC(=O)CSc1nc2ccsc2c(=O)n1CC. The van der Waals surface area contributed by atoms with Crippen molar-refractivity contribution in [3.8, 4) is 0 Å². The zero-order valence-corrected chi connectivity index (χ0v) is 17.1. The molecule has 0 saturated carbocycles. The van der Waals surface area contributed by atoms with E-state index in [9.17, 15) is 14.4 Å². The number of ether oxygens (including phenoxy) is 1. The predicted octanol–water partition coefficient (Wildman–Crippen LogP) is 3.45. The van der Waals surface area contributed by atoms with Crippen LogP contribution in [0.25, 0.3) is 10.2 Å². The molecule has 0 atom stereocenters. The number of fused-ring (bicyclic) bond motifs is 1. The number of esters is 1. The number of aromatic nitrogens is 2. The van der Waals surface area contributed by atoms with E-state index in [1.54, 1.807) is 29.0 Å². The number of carbonyl (C=O) groups is 2. The van der Waals surface area contributed by atoms with Crippen molar-refractivity contribution < 1.29 is 14.3 Å². The highest BCUT2D eigenvalue weighted by Gasteiger charge is 2.17. The third kappa shape index (κ3) is 4.23. The lowest BCUT2D eigenvalue weighted by Crippen LogP contribution is -2.22. The van der Waals surface area contributed by atoms with Gasteiger partial charge >= 0.3 is 5.97 Å². The largest absolute Gasteiger partial charge is 0.462 e. The van der Waals surface area contributed by atoms with Gasteiger partial charge in [0.2, 0.25) is 5.91 Å². The average Bonchev–Trinajstić information content (AvgIpc) is 3.29. The van der Waals surface area contributed by atoms with E-state index < -0.39 is 5.97 Å². The maximum atomic E-state index is 12.5. The molecule has 3 aromatic heterocycles. The molecule has 0 saturated heterocycles. The molecule has 0 bridgehead atoms. The second kappa shape index (κ2) is 8.68. The summed E-state index contributed by atoms with van der Waals surface area (Å²) in [4.78, 5) is 41.2. The fraction of sp³-hybridized carbons (Fsp3) is 0.294. The summed E-state index contributed by atoms with van der Waals surface area (Å²) in [5.74, 6) is -0.677. The normalized spacial score (nSPS) is 10.9. The van der Waals surface area contributed by atoms with Crippen LogP contribution in [0.4, 0.5) is 5.00 Å². The number of hydrogen-bond donors (Lipinski definition) is 1. The van der Waals surface area contributed by atoms with Crippen LogP contribution in [0.5, 0.6) is 0 Å². The molecule has 10 heteroatoms. The number of carbonyl (C=O) groups excluding carboxylic acids is 2. The van der Waals surface area contributed by atoms with E-state index in [4.69, 9.17) is 4.74 Å². The first-order valence-electron chi connectivity index (χ1n) is 8.20. The molecule has 3 heterocycles. The van der Waals surface area contributed by atoms with Crippen LogP contribution < -0.4 is 10.9 Å². The molecule has 7 nitrogen and oxygen atoms in total. The minimum absolute atomic E-state index is 0.0717. The minimum Gasteiger partial charge on any atom is -0.462 e. The average molecular weight is 424 g/mol. The van der Waals surface area contributed by atoms with Crippen LogP contribution in [0.15, 0.2) is 32.8 Å². The molecule has 0 aromatic carbocycles. The summed E-state index contributed by atoms with van der Waals surface area (Å²) in [6.07, 6.45) is 0. The monoisotopic (exact) mass is 423 g/mol. The Morgan fingerprint density at radius 2 is 2.04 bits per heavy atom. The molecule has 0 aliphatic carbocycles. The third-order valence-corrected chi connectivity index (χ3v) is 6.29. The molecule has 3 rings (SSSR count). The van der Waals surface area contributed by atoms with Crippen molar-refractivity contribution in [2.45, 2.75) is 25.5 Å². The van der Waals surface area contributed by atoms with E-state index in [-0.39, 0.29) is 23.8 Å². The highest BCUT2D eigenvalue weighted by Crippen LogP contribution is 2.25. The molecule has 0 fully saturated rings. The van der Waals surface area contributed by atoms with Crippen molar-refractivity contribution in [3.63, 3.8) is 0 Å². The van der Waals surface area contributed by atoms with Gasteiger partial charge < -0.3 is 10.1 Å². The minimum atomic E-state index is -0.467. The number of hydrogen-bond acceptors (Lipinski definition) is 8. The third-order valence-electron chi connectivity index (χ3n) is 3.59.